The zero-order valence-electron chi connectivity index (χ0n) is 7.44. The van der Waals surface area contributed by atoms with Gasteiger partial charge in [-0.25, -0.2) is 9.78 Å². The van der Waals surface area contributed by atoms with E-state index in [9.17, 15) is 14.4 Å². The summed E-state index contributed by atoms with van der Waals surface area (Å²) in [6, 6.07) is 0.0778. The SMILES string of the molecule is NC(=O)NC(=O)Cn1cnc(Cl)cc1=O. The van der Waals surface area contributed by atoms with Crippen LogP contribution in [0.1, 0.15) is 0 Å². The monoisotopic (exact) mass is 230 g/mol. The maximum Gasteiger partial charge on any atom is 0.318 e. The Balaban J connectivity index is 2.77. The molecule has 0 saturated heterocycles. The van der Waals surface area contributed by atoms with E-state index in [2.05, 4.69) is 4.98 Å². The highest BCUT2D eigenvalue weighted by atomic mass is 35.5. The molecule has 1 aromatic rings. The number of hydrogen-bond acceptors (Lipinski definition) is 4. The van der Waals surface area contributed by atoms with Gasteiger partial charge in [-0.2, -0.15) is 0 Å². The van der Waals surface area contributed by atoms with Gasteiger partial charge in [-0.05, 0) is 0 Å². The molecule has 0 bridgehead atoms. The number of aromatic nitrogens is 2. The molecule has 0 radical (unpaired) electrons. The zero-order chi connectivity index (χ0) is 11.4. The normalized spacial score (nSPS) is 9.67. The number of hydrogen-bond donors (Lipinski definition) is 2. The number of nitrogens with zero attached hydrogens (tertiary/aromatic N) is 2. The second-order valence-corrected chi connectivity index (χ2v) is 2.98. The lowest BCUT2D eigenvalue weighted by Gasteiger charge is -2.03. The molecule has 7 nitrogen and oxygen atoms in total. The molecule has 0 aliphatic heterocycles. The number of nitrogens with two attached hydrogens (primary N) is 1. The summed E-state index contributed by atoms with van der Waals surface area (Å²) in [4.78, 5) is 36.1. The summed E-state index contributed by atoms with van der Waals surface area (Å²) in [5.41, 5.74) is 4.22. The van der Waals surface area contributed by atoms with Gasteiger partial charge in [0, 0.05) is 6.07 Å². The summed E-state index contributed by atoms with van der Waals surface area (Å²) in [5, 5.41) is 1.85. The predicted octanol–water partition coefficient (Wildman–Crippen LogP) is -0.908. The van der Waals surface area contributed by atoms with Gasteiger partial charge in [0.25, 0.3) is 5.56 Å². The highest BCUT2D eigenvalue weighted by molar-refractivity contribution is 6.29. The van der Waals surface area contributed by atoms with Crippen LogP contribution in [0.15, 0.2) is 17.2 Å². The molecule has 0 unspecified atom stereocenters. The van der Waals surface area contributed by atoms with E-state index in [1.807, 2.05) is 5.32 Å². The molecule has 0 saturated carbocycles. The number of primary amides is 1. The van der Waals surface area contributed by atoms with Gasteiger partial charge in [0.2, 0.25) is 5.91 Å². The minimum absolute atomic E-state index is 0.0339. The molecule has 0 aliphatic carbocycles. The molecule has 1 aromatic heterocycles. The van der Waals surface area contributed by atoms with Crippen molar-refractivity contribution in [1.29, 1.82) is 0 Å². The van der Waals surface area contributed by atoms with Gasteiger partial charge >= 0.3 is 6.03 Å². The summed E-state index contributed by atoms with van der Waals surface area (Å²) in [5.74, 6) is -0.700. The maximum absolute atomic E-state index is 11.2. The largest absolute Gasteiger partial charge is 0.351 e. The van der Waals surface area contributed by atoms with Crippen molar-refractivity contribution in [3.05, 3.63) is 27.9 Å². The average Bonchev–Trinajstić information content (AvgIpc) is 2.08. The van der Waals surface area contributed by atoms with Crippen molar-refractivity contribution in [2.75, 3.05) is 0 Å². The molecule has 80 valence electrons. The second-order valence-electron chi connectivity index (χ2n) is 2.59. The number of rotatable bonds is 2. The number of urea groups is 1. The number of imide groups is 1. The van der Waals surface area contributed by atoms with E-state index in [4.69, 9.17) is 17.3 Å². The molecule has 3 amide bonds. The minimum atomic E-state index is -0.977. The lowest BCUT2D eigenvalue weighted by molar-refractivity contribution is -0.120. The van der Waals surface area contributed by atoms with Crippen molar-refractivity contribution in [3.8, 4) is 0 Å². The molecule has 0 aromatic carbocycles. The Bertz CT molecular complexity index is 456. The zero-order valence-corrected chi connectivity index (χ0v) is 8.19. The number of carbonyl (C=O) groups is 2. The van der Waals surface area contributed by atoms with Crippen LogP contribution in [0, 0.1) is 0 Å². The van der Waals surface area contributed by atoms with Gasteiger partial charge in [-0.3, -0.25) is 19.5 Å². The second kappa shape index (κ2) is 4.56. The molecule has 0 aliphatic rings. The van der Waals surface area contributed by atoms with Crippen LogP contribution in [-0.2, 0) is 11.3 Å². The van der Waals surface area contributed by atoms with Gasteiger partial charge in [0.15, 0.2) is 0 Å². The molecule has 0 fully saturated rings. The van der Waals surface area contributed by atoms with E-state index in [-0.39, 0.29) is 11.7 Å². The van der Waals surface area contributed by atoms with Crippen LogP contribution in [0.4, 0.5) is 4.79 Å². The topological polar surface area (TPSA) is 107 Å². The van der Waals surface area contributed by atoms with Crippen LogP contribution in [-0.4, -0.2) is 21.5 Å². The summed E-state index contributed by atoms with van der Waals surface area (Å²) in [7, 11) is 0. The molecule has 1 heterocycles. The standard InChI is InChI=1S/C7H7ClN4O3/c8-4-1-6(14)12(3-10-4)2-5(13)11-7(9)15/h1,3H,2H2,(H3,9,11,13,15). The van der Waals surface area contributed by atoms with Crippen molar-refractivity contribution < 1.29 is 9.59 Å². The first kappa shape index (κ1) is 11.2. The predicted molar refractivity (Wildman–Crippen MR) is 51.2 cm³/mol. The van der Waals surface area contributed by atoms with Crippen LogP contribution in [0.3, 0.4) is 0 Å². The van der Waals surface area contributed by atoms with E-state index in [0.717, 1.165) is 17.0 Å². The Morgan fingerprint density at radius 3 is 2.80 bits per heavy atom. The van der Waals surface area contributed by atoms with Gasteiger partial charge in [-0.1, -0.05) is 11.6 Å². The van der Waals surface area contributed by atoms with Crippen molar-refractivity contribution in [2.24, 2.45) is 5.73 Å². The summed E-state index contributed by atoms with van der Waals surface area (Å²) < 4.78 is 0.990. The van der Waals surface area contributed by atoms with Crippen LogP contribution < -0.4 is 16.6 Å². The first-order valence-corrected chi connectivity index (χ1v) is 4.18. The van der Waals surface area contributed by atoms with E-state index < -0.39 is 17.5 Å². The van der Waals surface area contributed by atoms with Crippen molar-refractivity contribution >= 4 is 23.5 Å². The highest BCUT2D eigenvalue weighted by Gasteiger charge is 2.06. The van der Waals surface area contributed by atoms with Crippen molar-refractivity contribution in [3.63, 3.8) is 0 Å². The molecule has 0 atom stereocenters. The van der Waals surface area contributed by atoms with E-state index in [1.54, 1.807) is 0 Å². The number of carbonyl (C=O) groups excluding carboxylic acids is 2. The Labute approximate surface area is 88.9 Å². The Kier molecular flexibility index (Phi) is 3.40. The molecule has 8 heteroatoms. The summed E-state index contributed by atoms with van der Waals surface area (Å²) >= 11 is 5.44. The molecule has 0 spiro atoms. The average molecular weight is 231 g/mol. The van der Waals surface area contributed by atoms with Crippen molar-refractivity contribution in [1.82, 2.24) is 14.9 Å². The Hall–Kier alpha value is -1.89. The van der Waals surface area contributed by atoms with Crippen LogP contribution in [0.5, 0.6) is 0 Å². The lowest BCUT2D eigenvalue weighted by Crippen LogP contribution is -2.39. The van der Waals surface area contributed by atoms with E-state index in [0.29, 0.717) is 0 Å². The van der Waals surface area contributed by atoms with Gasteiger partial charge in [0.05, 0.1) is 6.33 Å². The molecule has 15 heavy (non-hydrogen) atoms. The van der Waals surface area contributed by atoms with Crippen LogP contribution >= 0.6 is 11.6 Å². The third-order valence-electron chi connectivity index (χ3n) is 1.42. The molecule has 3 N–H and O–H groups in total. The molecular formula is C7H7ClN4O3. The first-order valence-electron chi connectivity index (χ1n) is 3.80. The fraction of sp³-hybridized carbons (Fsp3) is 0.143. The maximum atomic E-state index is 11.2. The van der Waals surface area contributed by atoms with E-state index >= 15 is 0 Å². The van der Waals surface area contributed by atoms with Crippen LogP contribution in [0.25, 0.3) is 0 Å². The number of amides is 3. The summed E-state index contributed by atoms with van der Waals surface area (Å²) in [6.45, 7) is -0.341. The highest BCUT2D eigenvalue weighted by Crippen LogP contribution is 1.95. The van der Waals surface area contributed by atoms with Gasteiger partial charge in [-0.15, -0.1) is 0 Å². The molecule has 1 rings (SSSR count). The summed E-state index contributed by atoms with van der Waals surface area (Å²) in [6.07, 6.45) is 1.10. The van der Waals surface area contributed by atoms with Gasteiger partial charge < -0.3 is 5.73 Å². The number of halogens is 1. The van der Waals surface area contributed by atoms with Crippen LogP contribution in [0.2, 0.25) is 5.15 Å². The third-order valence-corrected chi connectivity index (χ3v) is 1.63. The number of nitrogens with one attached hydrogen (secondary N) is 1. The smallest absolute Gasteiger partial charge is 0.318 e. The van der Waals surface area contributed by atoms with E-state index in [1.165, 1.54) is 0 Å². The molecular weight excluding hydrogens is 224 g/mol. The lowest BCUT2D eigenvalue weighted by atomic mass is 10.5. The fourth-order valence-electron chi connectivity index (χ4n) is 0.854. The third kappa shape index (κ3) is 3.39. The first-order chi connectivity index (χ1) is 6.99. The van der Waals surface area contributed by atoms with Gasteiger partial charge in [0.1, 0.15) is 11.7 Å². The Morgan fingerprint density at radius 2 is 2.27 bits per heavy atom. The quantitative estimate of drug-likeness (QED) is 0.642. The Morgan fingerprint density at radius 1 is 1.60 bits per heavy atom. The van der Waals surface area contributed by atoms with Crippen molar-refractivity contribution in [2.45, 2.75) is 6.54 Å². The minimum Gasteiger partial charge on any atom is -0.351 e. The fourth-order valence-corrected chi connectivity index (χ4v) is 0.991.